The lowest BCUT2D eigenvalue weighted by molar-refractivity contribution is -0.121. The number of rotatable bonds is 7. The first-order valence-corrected chi connectivity index (χ1v) is 8.25. The lowest BCUT2D eigenvalue weighted by Gasteiger charge is -2.20. The average Bonchev–Trinajstić information content (AvgIpc) is 2.45. The van der Waals surface area contributed by atoms with Crippen LogP contribution in [0, 0.1) is 0 Å². The van der Waals surface area contributed by atoms with E-state index in [2.05, 4.69) is 5.32 Å². The second-order valence-corrected chi connectivity index (χ2v) is 6.32. The van der Waals surface area contributed by atoms with Crippen molar-refractivity contribution in [2.75, 3.05) is 19.6 Å². The Morgan fingerprint density at radius 3 is 2.20 bits per heavy atom. The summed E-state index contributed by atoms with van der Waals surface area (Å²) in [6, 6.07) is 6.78. The third-order valence-electron chi connectivity index (χ3n) is 3.02. The summed E-state index contributed by atoms with van der Waals surface area (Å²) >= 11 is 0. The Balaban J connectivity index is 2.95. The Hall–Kier alpha value is -1.40. The van der Waals surface area contributed by atoms with Crippen molar-refractivity contribution < 1.29 is 13.2 Å². The molecule has 1 aromatic rings. The number of nitrogens with zero attached hydrogens (tertiary/aromatic N) is 1. The molecule has 0 spiro atoms. The Bertz CT molecular complexity index is 538. The van der Waals surface area contributed by atoms with Crippen LogP contribution in [0.25, 0.3) is 0 Å². The number of benzene rings is 1. The van der Waals surface area contributed by atoms with Crippen LogP contribution in [0.4, 0.5) is 0 Å². The van der Waals surface area contributed by atoms with E-state index < -0.39 is 10.0 Å². The zero-order valence-corrected chi connectivity index (χ0v) is 13.0. The van der Waals surface area contributed by atoms with Gasteiger partial charge in [-0.1, -0.05) is 26.0 Å². The molecule has 0 fully saturated rings. The second kappa shape index (κ2) is 7.40. The van der Waals surface area contributed by atoms with Crippen LogP contribution >= 0.6 is 0 Å². The molecule has 1 aromatic carbocycles. The van der Waals surface area contributed by atoms with E-state index in [0.29, 0.717) is 6.54 Å². The summed E-state index contributed by atoms with van der Waals surface area (Å²) in [5.74, 6) is -0.289. The number of sulfonamides is 1. The Kier molecular flexibility index (Phi) is 6.16. The van der Waals surface area contributed by atoms with Crippen molar-refractivity contribution in [1.29, 1.82) is 0 Å². The van der Waals surface area contributed by atoms with Gasteiger partial charge in [0.05, 0.1) is 11.4 Å². The van der Waals surface area contributed by atoms with Gasteiger partial charge in [0.2, 0.25) is 15.9 Å². The predicted molar refractivity (Wildman–Crippen MR) is 78.9 cm³/mol. The summed E-state index contributed by atoms with van der Waals surface area (Å²) in [6.07, 6.45) is 0.858. The van der Waals surface area contributed by atoms with Gasteiger partial charge >= 0.3 is 0 Å². The fraction of sp³-hybridized carbons (Fsp3) is 0.500. The monoisotopic (exact) mass is 298 g/mol. The fourth-order valence-electron chi connectivity index (χ4n) is 1.83. The van der Waals surface area contributed by atoms with Gasteiger partial charge in [0.25, 0.3) is 0 Å². The quantitative estimate of drug-likeness (QED) is 0.827. The van der Waals surface area contributed by atoms with Crippen molar-refractivity contribution in [3.8, 4) is 0 Å². The van der Waals surface area contributed by atoms with Crippen LogP contribution < -0.4 is 5.32 Å². The van der Waals surface area contributed by atoms with Gasteiger partial charge in [-0.3, -0.25) is 4.79 Å². The smallest absolute Gasteiger partial charge is 0.243 e. The first-order valence-electron chi connectivity index (χ1n) is 6.81. The van der Waals surface area contributed by atoms with E-state index in [1.807, 2.05) is 6.92 Å². The second-order valence-electron chi connectivity index (χ2n) is 4.38. The summed E-state index contributed by atoms with van der Waals surface area (Å²) in [5, 5.41) is 2.61. The molecule has 0 saturated heterocycles. The maximum absolute atomic E-state index is 12.4. The van der Waals surface area contributed by atoms with Gasteiger partial charge in [-0.2, -0.15) is 4.31 Å². The van der Waals surface area contributed by atoms with Crippen LogP contribution in [0.2, 0.25) is 0 Å². The molecule has 0 aliphatic heterocycles. The predicted octanol–water partition coefficient (Wildman–Crippen LogP) is 1.40. The number of hydrogen-bond acceptors (Lipinski definition) is 3. The summed E-state index contributed by atoms with van der Waals surface area (Å²) in [5.41, 5.74) is 1.08. The number of hydrogen-bond donors (Lipinski definition) is 1. The number of aryl methyl sites for hydroxylation is 1. The van der Waals surface area contributed by atoms with Crippen LogP contribution in [-0.2, 0) is 21.2 Å². The molecule has 0 unspecified atom stereocenters. The minimum Gasteiger partial charge on any atom is -0.355 e. The number of carbonyl (C=O) groups is 1. The summed E-state index contributed by atoms with van der Waals surface area (Å²) < 4.78 is 26.1. The van der Waals surface area contributed by atoms with Crippen molar-refractivity contribution in [1.82, 2.24) is 9.62 Å². The molecule has 0 heterocycles. The largest absolute Gasteiger partial charge is 0.355 e. The Labute approximate surface area is 121 Å². The molecule has 112 valence electrons. The molecule has 0 radical (unpaired) electrons. The summed E-state index contributed by atoms with van der Waals surface area (Å²) in [6.45, 7) is 6.12. The van der Waals surface area contributed by atoms with Crippen molar-refractivity contribution in [3.05, 3.63) is 29.8 Å². The molecule has 1 N–H and O–H groups in total. The molecule has 0 atom stereocenters. The highest BCUT2D eigenvalue weighted by molar-refractivity contribution is 7.89. The van der Waals surface area contributed by atoms with E-state index in [-0.39, 0.29) is 23.9 Å². The van der Waals surface area contributed by atoms with E-state index in [1.165, 1.54) is 4.31 Å². The minimum absolute atomic E-state index is 0.151. The van der Waals surface area contributed by atoms with E-state index in [9.17, 15) is 13.2 Å². The third kappa shape index (κ3) is 4.05. The highest BCUT2D eigenvalue weighted by Gasteiger charge is 2.24. The van der Waals surface area contributed by atoms with Gasteiger partial charge in [-0.15, -0.1) is 0 Å². The molecular weight excluding hydrogens is 276 g/mol. The lowest BCUT2D eigenvalue weighted by atomic mass is 10.2. The highest BCUT2D eigenvalue weighted by Crippen LogP contribution is 2.16. The molecule has 1 rings (SSSR count). The van der Waals surface area contributed by atoms with Gasteiger partial charge in [-0.05, 0) is 31.0 Å². The molecule has 0 aromatic heterocycles. The molecular formula is C14H22N2O3S. The van der Waals surface area contributed by atoms with Crippen LogP contribution in [0.15, 0.2) is 29.2 Å². The zero-order valence-electron chi connectivity index (χ0n) is 12.2. The van der Waals surface area contributed by atoms with Gasteiger partial charge in [0.15, 0.2) is 0 Å². The van der Waals surface area contributed by atoms with E-state index >= 15 is 0 Å². The van der Waals surface area contributed by atoms with Crippen molar-refractivity contribution in [2.45, 2.75) is 32.1 Å². The van der Waals surface area contributed by atoms with Crippen molar-refractivity contribution in [3.63, 3.8) is 0 Å². The fourth-order valence-corrected chi connectivity index (χ4v) is 3.23. The van der Waals surface area contributed by atoms with E-state index in [1.54, 1.807) is 38.1 Å². The zero-order chi connectivity index (χ0) is 15.2. The first-order chi connectivity index (χ1) is 9.45. The molecule has 6 heteroatoms. The maximum atomic E-state index is 12.4. The van der Waals surface area contributed by atoms with Crippen molar-refractivity contribution in [2.24, 2.45) is 0 Å². The standard InChI is InChI=1S/C14H22N2O3S/c1-4-12-7-9-13(10-8-12)20(18,19)16(6-3)11-14(17)15-5-2/h7-10H,4-6,11H2,1-3H3,(H,15,17). The normalized spacial score (nSPS) is 11.6. The van der Waals surface area contributed by atoms with Gasteiger partial charge in [0, 0.05) is 13.1 Å². The van der Waals surface area contributed by atoms with Gasteiger partial charge in [-0.25, -0.2) is 8.42 Å². The number of nitrogens with one attached hydrogen (secondary N) is 1. The molecule has 0 aliphatic carbocycles. The highest BCUT2D eigenvalue weighted by atomic mass is 32.2. The number of carbonyl (C=O) groups excluding carboxylic acids is 1. The molecule has 0 bridgehead atoms. The first kappa shape index (κ1) is 16.7. The van der Waals surface area contributed by atoms with Crippen LogP contribution in [0.5, 0.6) is 0 Å². The summed E-state index contributed by atoms with van der Waals surface area (Å²) in [7, 11) is -3.62. The maximum Gasteiger partial charge on any atom is 0.243 e. The molecule has 1 amide bonds. The topological polar surface area (TPSA) is 66.5 Å². The molecule has 5 nitrogen and oxygen atoms in total. The average molecular weight is 298 g/mol. The van der Waals surface area contributed by atoms with E-state index in [0.717, 1.165) is 12.0 Å². The van der Waals surface area contributed by atoms with Gasteiger partial charge < -0.3 is 5.32 Å². The van der Waals surface area contributed by atoms with Gasteiger partial charge in [0.1, 0.15) is 0 Å². The Morgan fingerprint density at radius 2 is 1.75 bits per heavy atom. The summed E-state index contributed by atoms with van der Waals surface area (Å²) in [4.78, 5) is 11.8. The molecule has 0 aliphatic rings. The third-order valence-corrected chi connectivity index (χ3v) is 4.95. The number of amides is 1. The molecule has 20 heavy (non-hydrogen) atoms. The molecule has 0 saturated carbocycles. The Morgan fingerprint density at radius 1 is 1.15 bits per heavy atom. The SMILES string of the molecule is CCNC(=O)CN(CC)S(=O)(=O)c1ccc(CC)cc1. The van der Waals surface area contributed by atoms with E-state index in [4.69, 9.17) is 0 Å². The lowest BCUT2D eigenvalue weighted by Crippen LogP contribution is -2.40. The van der Waals surface area contributed by atoms with Crippen LogP contribution in [-0.4, -0.2) is 38.3 Å². The van der Waals surface area contributed by atoms with Crippen LogP contribution in [0.3, 0.4) is 0 Å². The minimum atomic E-state index is -3.62. The number of likely N-dealkylation sites (N-methyl/N-ethyl adjacent to an activating group) is 2. The van der Waals surface area contributed by atoms with Crippen molar-refractivity contribution >= 4 is 15.9 Å². The van der Waals surface area contributed by atoms with Crippen LogP contribution in [0.1, 0.15) is 26.3 Å².